The van der Waals surface area contributed by atoms with E-state index >= 15 is 0 Å². The molecular formula is C20H26BrClN4O3. The molecule has 7 nitrogen and oxygen atoms in total. The van der Waals surface area contributed by atoms with Crippen molar-refractivity contribution in [2.24, 2.45) is 0 Å². The molecule has 1 amide bonds. The van der Waals surface area contributed by atoms with Gasteiger partial charge in [0.2, 0.25) is 0 Å². The average Bonchev–Trinajstić information content (AvgIpc) is 2.68. The second-order valence-corrected chi connectivity index (χ2v) is 8.11. The third-order valence-electron chi connectivity index (χ3n) is 4.61. The fraction of sp³-hybridized carbons (Fsp3) is 0.450. The molecule has 0 aliphatic heterocycles. The van der Waals surface area contributed by atoms with Crippen LogP contribution in [0.2, 0.25) is 5.02 Å². The van der Waals surface area contributed by atoms with Gasteiger partial charge in [-0.25, -0.2) is 4.79 Å². The first kappa shape index (κ1) is 23.2. The van der Waals surface area contributed by atoms with Gasteiger partial charge < -0.3 is 10.6 Å². The van der Waals surface area contributed by atoms with E-state index in [0.29, 0.717) is 17.4 Å². The molecule has 0 aliphatic rings. The molecule has 0 radical (unpaired) electrons. The Hall–Kier alpha value is -2.06. The highest BCUT2D eigenvalue weighted by atomic mass is 79.9. The second-order valence-electron chi connectivity index (χ2n) is 6.79. The normalized spacial score (nSPS) is 10.9. The molecule has 0 unspecified atom stereocenters. The Morgan fingerprint density at radius 1 is 1.21 bits per heavy atom. The number of aromatic nitrogens is 2. The number of nitrogens with zero attached hydrogens (tertiary/aromatic N) is 2. The minimum absolute atomic E-state index is 0.0110. The van der Waals surface area contributed by atoms with Crippen LogP contribution in [-0.2, 0) is 6.54 Å². The Morgan fingerprint density at radius 3 is 2.55 bits per heavy atom. The van der Waals surface area contributed by atoms with Crippen LogP contribution >= 0.6 is 27.5 Å². The lowest BCUT2D eigenvalue weighted by Crippen LogP contribution is -2.41. The van der Waals surface area contributed by atoms with Gasteiger partial charge in [-0.3, -0.25) is 19.1 Å². The number of carbonyl (C=O) groups excluding carboxylic acids is 1. The van der Waals surface area contributed by atoms with Crippen molar-refractivity contribution in [3.8, 4) is 0 Å². The molecule has 9 heteroatoms. The summed E-state index contributed by atoms with van der Waals surface area (Å²) in [6.07, 6.45) is 4.08. The highest BCUT2D eigenvalue weighted by Crippen LogP contribution is 2.26. The van der Waals surface area contributed by atoms with E-state index in [1.54, 1.807) is 18.2 Å². The van der Waals surface area contributed by atoms with Crippen LogP contribution in [0.5, 0.6) is 0 Å². The van der Waals surface area contributed by atoms with E-state index in [4.69, 9.17) is 17.3 Å². The van der Waals surface area contributed by atoms with Gasteiger partial charge in [-0.05, 0) is 31.0 Å². The molecular weight excluding hydrogens is 460 g/mol. The van der Waals surface area contributed by atoms with Gasteiger partial charge in [0.15, 0.2) is 5.69 Å². The predicted molar refractivity (Wildman–Crippen MR) is 121 cm³/mol. The van der Waals surface area contributed by atoms with Crippen LogP contribution in [0.3, 0.4) is 0 Å². The number of hydrogen-bond donors (Lipinski definition) is 2. The van der Waals surface area contributed by atoms with Gasteiger partial charge >= 0.3 is 5.69 Å². The Balaban J connectivity index is 2.60. The van der Waals surface area contributed by atoms with Gasteiger partial charge in [0.25, 0.3) is 11.5 Å². The summed E-state index contributed by atoms with van der Waals surface area (Å²) in [5.41, 5.74) is 5.20. The number of unbranched alkanes of at least 4 members (excludes halogenated alkanes) is 3. The number of H-pyrrole nitrogens is 1. The van der Waals surface area contributed by atoms with Gasteiger partial charge in [-0.2, -0.15) is 0 Å². The van der Waals surface area contributed by atoms with Crippen LogP contribution in [-0.4, -0.2) is 22.0 Å². The Morgan fingerprint density at radius 2 is 1.90 bits per heavy atom. The summed E-state index contributed by atoms with van der Waals surface area (Å²) >= 11 is 9.59. The first-order valence-electron chi connectivity index (χ1n) is 9.71. The number of carbonyl (C=O) groups is 1. The molecule has 0 atom stereocenters. The monoisotopic (exact) mass is 484 g/mol. The zero-order valence-corrected chi connectivity index (χ0v) is 19.0. The van der Waals surface area contributed by atoms with Crippen LogP contribution < -0.4 is 21.9 Å². The highest BCUT2D eigenvalue weighted by molar-refractivity contribution is 9.10. The molecule has 29 heavy (non-hydrogen) atoms. The maximum atomic E-state index is 13.4. The summed E-state index contributed by atoms with van der Waals surface area (Å²) in [6, 6.07) is 4.94. The first-order valence-corrected chi connectivity index (χ1v) is 10.9. The summed E-state index contributed by atoms with van der Waals surface area (Å²) in [7, 11) is 0. The smallest absolute Gasteiger partial charge is 0.330 e. The first-order chi connectivity index (χ1) is 13.8. The van der Waals surface area contributed by atoms with Crippen molar-refractivity contribution in [3.05, 3.63) is 54.1 Å². The molecule has 1 aromatic heterocycles. The summed E-state index contributed by atoms with van der Waals surface area (Å²) in [5.74, 6) is -0.450. The molecule has 0 fully saturated rings. The van der Waals surface area contributed by atoms with Crippen molar-refractivity contribution in [2.75, 3.05) is 17.2 Å². The van der Waals surface area contributed by atoms with Crippen LogP contribution in [0, 0.1) is 0 Å². The van der Waals surface area contributed by atoms with E-state index in [2.05, 4.69) is 20.9 Å². The van der Waals surface area contributed by atoms with E-state index < -0.39 is 17.2 Å². The molecule has 2 rings (SSSR count). The van der Waals surface area contributed by atoms with E-state index in [-0.39, 0.29) is 28.6 Å². The van der Waals surface area contributed by atoms with Crippen molar-refractivity contribution in [1.29, 1.82) is 0 Å². The predicted octanol–water partition coefficient (Wildman–Crippen LogP) is 4.17. The molecule has 0 spiro atoms. The standard InChI is InChI=1S/C20H26BrClN4O3/c1-3-5-7-11-25(19(28)14-12-13(21)8-9-15(14)22)16-17(23)26(10-6-4-2)20(29)24-18(16)27/h8-9,12H,3-7,10-11,23H2,1-2H3,(H,24,27,29). The van der Waals surface area contributed by atoms with Crippen molar-refractivity contribution in [3.63, 3.8) is 0 Å². The zero-order valence-electron chi connectivity index (χ0n) is 16.6. The Kier molecular flexibility index (Phi) is 8.52. The number of amides is 1. The van der Waals surface area contributed by atoms with Gasteiger partial charge in [0.1, 0.15) is 5.82 Å². The average molecular weight is 486 g/mol. The molecule has 3 N–H and O–H groups in total. The minimum atomic E-state index is -0.684. The van der Waals surface area contributed by atoms with Gasteiger partial charge in [-0.15, -0.1) is 0 Å². The SMILES string of the molecule is CCCCCN(C(=O)c1cc(Br)ccc1Cl)c1c(N)n(CCCC)c(=O)[nH]c1=O. The summed E-state index contributed by atoms with van der Waals surface area (Å²) in [6.45, 7) is 4.68. The lowest BCUT2D eigenvalue weighted by atomic mass is 10.1. The highest BCUT2D eigenvalue weighted by Gasteiger charge is 2.26. The number of benzene rings is 1. The van der Waals surface area contributed by atoms with E-state index in [1.165, 1.54) is 9.47 Å². The van der Waals surface area contributed by atoms with E-state index in [0.717, 1.165) is 25.7 Å². The van der Waals surface area contributed by atoms with Gasteiger partial charge in [-0.1, -0.05) is 60.6 Å². The molecule has 0 aliphatic carbocycles. The van der Waals surface area contributed by atoms with Crippen molar-refractivity contribution in [2.45, 2.75) is 52.5 Å². The minimum Gasteiger partial charge on any atom is -0.383 e. The van der Waals surface area contributed by atoms with Crippen LogP contribution in [0.1, 0.15) is 56.3 Å². The number of nitrogens with one attached hydrogen (secondary N) is 1. The fourth-order valence-electron chi connectivity index (χ4n) is 3.02. The number of halogens is 2. The van der Waals surface area contributed by atoms with Gasteiger partial charge in [0, 0.05) is 17.6 Å². The van der Waals surface area contributed by atoms with Gasteiger partial charge in [0.05, 0.1) is 10.6 Å². The van der Waals surface area contributed by atoms with Crippen LogP contribution in [0.15, 0.2) is 32.3 Å². The number of anilines is 2. The largest absolute Gasteiger partial charge is 0.383 e. The van der Waals surface area contributed by atoms with Crippen molar-refractivity contribution < 1.29 is 4.79 Å². The maximum Gasteiger partial charge on any atom is 0.330 e. The number of hydrogen-bond acceptors (Lipinski definition) is 4. The summed E-state index contributed by atoms with van der Waals surface area (Å²) < 4.78 is 2.00. The zero-order chi connectivity index (χ0) is 21.6. The molecule has 0 saturated heterocycles. The lowest BCUT2D eigenvalue weighted by molar-refractivity contribution is 0.0986. The third kappa shape index (κ3) is 5.51. The quantitative estimate of drug-likeness (QED) is 0.520. The molecule has 1 aromatic carbocycles. The number of aromatic amines is 1. The maximum absolute atomic E-state index is 13.4. The summed E-state index contributed by atoms with van der Waals surface area (Å²) in [4.78, 5) is 41.9. The molecule has 0 saturated carbocycles. The lowest BCUT2D eigenvalue weighted by Gasteiger charge is -2.25. The van der Waals surface area contributed by atoms with E-state index in [9.17, 15) is 14.4 Å². The molecule has 158 valence electrons. The number of nitrogen functional groups attached to an aromatic ring is 1. The molecule has 0 bridgehead atoms. The van der Waals surface area contributed by atoms with Crippen LogP contribution in [0.25, 0.3) is 0 Å². The second kappa shape index (κ2) is 10.6. The number of nitrogens with two attached hydrogens (primary N) is 1. The van der Waals surface area contributed by atoms with Crippen molar-refractivity contribution >= 4 is 44.9 Å². The van der Waals surface area contributed by atoms with E-state index in [1.807, 2.05) is 13.8 Å². The Bertz CT molecular complexity index is 987. The Labute approximate surface area is 183 Å². The van der Waals surface area contributed by atoms with Crippen LogP contribution in [0.4, 0.5) is 11.5 Å². The number of rotatable bonds is 9. The third-order valence-corrected chi connectivity index (χ3v) is 5.43. The topological polar surface area (TPSA) is 101 Å². The molecule has 1 heterocycles. The summed E-state index contributed by atoms with van der Waals surface area (Å²) in [5, 5.41) is 0.271. The molecule has 2 aromatic rings. The van der Waals surface area contributed by atoms with Crippen molar-refractivity contribution in [1.82, 2.24) is 9.55 Å². The fourth-order valence-corrected chi connectivity index (χ4v) is 3.58.